The molecule has 0 heterocycles. The Morgan fingerprint density at radius 2 is 1.14 bits per heavy atom. The van der Waals surface area contributed by atoms with Crippen molar-refractivity contribution in [2.45, 2.75) is 38.2 Å². The van der Waals surface area contributed by atoms with Crippen LogP contribution in [0.1, 0.15) is 33.4 Å². The van der Waals surface area contributed by atoms with Gasteiger partial charge in [0.2, 0.25) is 0 Å². The van der Waals surface area contributed by atoms with Gasteiger partial charge in [0, 0.05) is 18.7 Å². The third kappa shape index (κ3) is 7.38. The lowest BCUT2D eigenvalue weighted by Gasteiger charge is -2.17. The summed E-state index contributed by atoms with van der Waals surface area (Å²) in [7, 11) is 0. The van der Waals surface area contributed by atoms with Crippen LogP contribution >= 0.6 is 0 Å². The molecule has 0 aliphatic carbocycles. The zero-order valence-electron chi connectivity index (χ0n) is 17.8. The molecule has 0 unspecified atom stereocenters. The van der Waals surface area contributed by atoms with Crippen LogP contribution in [0.25, 0.3) is 0 Å². The summed E-state index contributed by atoms with van der Waals surface area (Å²) in [6.07, 6.45) is -14.7. The molecule has 0 aliphatic rings. The second kappa shape index (κ2) is 10.2. The van der Waals surface area contributed by atoms with Gasteiger partial charge >= 0.3 is 18.5 Å². The molecular formula is C24H18F9NO. The van der Waals surface area contributed by atoms with Gasteiger partial charge in [-0.15, -0.1) is 0 Å². The molecule has 0 saturated carbocycles. The van der Waals surface area contributed by atoms with E-state index in [2.05, 4.69) is 5.32 Å². The Morgan fingerprint density at radius 1 is 0.571 bits per heavy atom. The fraction of sp³-hybridized carbons (Fsp3) is 0.250. The first-order valence-corrected chi connectivity index (χ1v) is 10.1. The number of hydrogen-bond acceptors (Lipinski definition) is 2. The quantitative estimate of drug-likeness (QED) is 0.333. The van der Waals surface area contributed by atoms with E-state index >= 15 is 0 Å². The number of nitrogens with one attached hydrogen (secondary N) is 1. The van der Waals surface area contributed by atoms with E-state index in [0.29, 0.717) is 12.1 Å². The van der Waals surface area contributed by atoms with Crippen molar-refractivity contribution < 1.29 is 44.3 Å². The summed E-state index contributed by atoms with van der Waals surface area (Å²) in [5.74, 6) is 0.0920. The maximum atomic E-state index is 13.2. The highest BCUT2D eigenvalue weighted by atomic mass is 19.4. The van der Waals surface area contributed by atoms with Crippen molar-refractivity contribution in [1.29, 1.82) is 0 Å². The third-order valence-electron chi connectivity index (χ3n) is 4.92. The van der Waals surface area contributed by atoms with Crippen LogP contribution in [-0.4, -0.2) is 0 Å². The Balaban J connectivity index is 1.81. The summed E-state index contributed by atoms with van der Waals surface area (Å²) in [6.45, 7) is -0.714. The van der Waals surface area contributed by atoms with Crippen LogP contribution < -0.4 is 10.1 Å². The topological polar surface area (TPSA) is 21.3 Å². The lowest BCUT2D eigenvalue weighted by atomic mass is 10.0. The fourth-order valence-corrected chi connectivity index (χ4v) is 3.23. The number of alkyl halides is 9. The molecule has 3 aromatic carbocycles. The summed E-state index contributed by atoms with van der Waals surface area (Å²) < 4.78 is 123. The van der Waals surface area contributed by atoms with Crippen LogP contribution in [0.4, 0.5) is 39.5 Å². The molecule has 0 bridgehead atoms. The molecule has 2 nitrogen and oxygen atoms in total. The molecule has 0 amide bonds. The van der Waals surface area contributed by atoms with E-state index in [1.165, 1.54) is 0 Å². The molecule has 188 valence electrons. The van der Waals surface area contributed by atoms with Crippen LogP contribution in [0.15, 0.2) is 66.7 Å². The largest absolute Gasteiger partial charge is 0.489 e. The normalized spacial score (nSPS) is 12.6. The summed E-state index contributed by atoms with van der Waals surface area (Å²) in [5, 5.41) is 2.61. The van der Waals surface area contributed by atoms with E-state index < -0.39 is 41.8 Å². The van der Waals surface area contributed by atoms with Gasteiger partial charge in [-0.1, -0.05) is 30.3 Å². The monoisotopic (exact) mass is 507 g/mol. The molecule has 3 rings (SSSR count). The van der Waals surface area contributed by atoms with Gasteiger partial charge in [0.1, 0.15) is 12.4 Å². The smallest absolute Gasteiger partial charge is 0.416 e. The Bertz CT molecular complexity index is 1100. The summed E-state index contributed by atoms with van der Waals surface area (Å²) >= 11 is 0. The van der Waals surface area contributed by atoms with E-state index in [1.54, 1.807) is 30.3 Å². The Kier molecular flexibility index (Phi) is 7.68. The first kappa shape index (κ1) is 26.4. The highest BCUT2D eigenvalue weighted by molar-refractivity contribution is 5.39. The first-order chi connectivity index (χ1) is 16.2. The second-order valence-electron chi connectivity index (χ2n) is 7.61. The molecule has 0 aromatic heterocycles. The van der Waals surface area contributed by atoms with Crippen molar-refractivity contribution in [3.63, 3.8) is 0 Å². The SMILES string of the molecule is FC(F)(F)c1cc(CNCc2cc(C(F)(F)F)ccc2OCc2ccccc2)cc(C(F)(F)F)c1. The van der Waals surface area contributed by atoms with Crippen LogP contribution in [0.3, 0.4) is 0 Å². The van der Waals surface area contributed by atoms with Crippen molar-refractivity contribution in [3.05, 3.63) is 100 Å². The zero-order chi connectivity index (χ0) is 25.9. The average Bonchev–Trinajstić information content (AvgIpc) is 2.77. The molecule has 0 aliphatic heterocycles. The van der Waals surface area contributed by atoms with E-state index in [0.717, 1.165) is 23.8 Å². The van der Waals surface area contributed by atoms with E-state index in [4.69, 9.17) is 4.74 Å². The highest BCUT2D eigenvalue weighted by Gasteiger charge is 2.37. The van der Waals surface area contributed by atoms with Crippen molar-refractivity contribution in [1.82, 2.24) is 5.32 Å². The second-order valence-corrected chi connectivity index (χ2v) is 7.61. The molecule has 0 saturated heterocycles. The van der Waals surface area contributed by atoms with Crippen LogP contribution in [0, 0.1) is 0 Å². The molecular weight excluding hydrogens is 489 g/mol. The van der Waals surface area contributed by atoms with Crippen LogP contribution in [0.5, 0.6) is 5.75 Å². The Hall–Kier alpha value is -3.21. The number of ether oxygens (including phenoxy) is 1. The van der Waals surface area contributed by atoms with Crippen molar-refractivity contribution in [3.8, 4) is 5.75 Å². The van der Waals surface area contributed by atoms with Gasteiger partial charge in [0.15, 0.2) is 0 Å². The summed E-state index contributed by atoms with van der Waals surface area (Å²) in [4.78, 5) is 0. The highest BCUT2D eigenvalue weighted by Crippen LogP contribution is 2.37. The van der Waals surface area contributed by atoms with Crippen LogP contribution in [0.2, 0.25) is 0 Å². The molecule has 11 heteroatoms. The zero-order valence-corrected chi connectivity index (χ0v) is 17.8. The minimum absolute atomic E-state index is 0.00578. The fourth-order valence-electron chi connectivity index (χ4n) is 3.23. The molecule has 0 radical (unpaired) electrons. The van der Waals surface area contributed by atoms with Gasteiger partial charge in [-0.25, -0.2) is 0 Å². The maximum absolute atomic E-state index is 13.2. The molecule has 0 atom stereocenters. The van der Waals surface area contributed by atoms with E-state index in [-0.39, 0.29) is 36.1 Å². The van der Waals surface area contributed by atoms with Crippen molar-refractivity contribution in [2.75, 3.05) is 0 Å². The molecule has 35 heavy (non-hydrogen) atoms. The maximum Gasteiger partial charge on any atom is 0.416 e. The predicted molar refractivity (Wildman–Crippen MR) is 109 cm³/mol. The summed E-state index contributed by atoms with van der Waals surface area (Å²) in [5.41, 5.74) is -3.47. The molecule has 0 fully saturated rings. The number of benzene rings is 3. The average molecular weight is 507 g/mol. The van der Waals surface area contributed by atoms with E-state index in [1.807, 2.05) is 0 Å². The van der Waals surface area contributed by atoms with Gasteiger partial charge < -0.3 is 10.1 Å². The van der Waals surface area contributed by atoms with Crippen LogP contribution in [-0.2, 0) is 38.2 Å². The molecule has 3 aromatic rings. The minimum Gasteiger partial charge on any atom is -0.489 e. The predicted octanol–water partition coefficient (Wildman–Crippen LogP) is 7.61. The molecule has 0 spiro atoms. The van der Waals surface area contributed by atoms with E-state index in [9.17, 15) is 39.5 Å². The van der Waals surface area contributed by atoms with Gasteiger partial charge in [0.25, 0.3) is 0 Å². The molecule has 1 N–H and O–H groups in total. The van der Waals surface area contributed by atoms with Crippen molar-refractivity contribution in [2.24, 2.45) is 0 Å². The lowest BCUT2D eigenvalue weighted by molar-refractivity contribution is -0.143. The summed E-state index contributed by atoms with van der Waals surface area (Å²) in [6, 6.07) is 12.6. The minimum atomic E-state index is -5.00. The standard InChI is InChI=1S/C24H18F9NO/c25-22(26,27)18-6-7-21(35-14-15-4-2-1-3-5-15)17(10-18)13-34-12-16-8-19(23(28,29)30)11-20(9-16)24(31,32)33/h1-11,34H,12-14H2. The first-order valence-electron chi connectivity index (χ1n) is 10.1. The number of halogens is 9. The number of hydrogen-bond donors (Lipinski definition) is 1. The van der Waals surface area contributed by atoms with Gasteiger partial charge in [-0.05, 0) is 47.5 Å². The van der Waals surface area contributed by atoms with Gasteiger partial charge in [-0.3, -0.25) is 0 Å². The van der Waals surface area contributed by atoms with Gasteiger partial charge in [-0.2, -0.15) is 39.5 Å². The van der Waals surface area contributed by atoms with Crippen molar-refractivity contribution >= 4 is 0 Å². The number of rotatable bonds is 7. The lowest BCUT2D eigenvalue weighted by Crippen LogP contribution is -2.17. The Labute approximate surface area is 194 Å². The van der Waals surface area contributed by atoms with Gasteiger partial charge in [0.05, 0.1) is 16.7 Å². The third-order valence-corrected chi connectivity index (χ3v) is 4.92. The Morgan fingerprint density at radius 3 is 1.69 bits per heavy atom.